The average Bonchev–Trinajstić information content (AvgIpc) is 2.68. The van der Waals surface area contributed by atoms with Crippen LogP contribution in [0.2, 0.25) is 0 Å². The fourth-order valence-electron chi connectivity index (χ4n) is 2.70. The van der Waals surface area contributed by atoms with Gasteiger partial charge in [0, 0.05) is 31.2 Å². The van der Waals surface area contributed by atoms with Crippen molar-refractivity contribution in [1.82, 2.24) is 10.0 Å². The maximum atomic E-state index is 12.4. The number of nitrogens with zero attached hydrogens (tertiary/aromatic N) is 3. The molecule has 7 heteroatoms. The first-order chi connectivity index (χ1) is 12.6. The molecule has 2 aromatic rings. The lowest BCUT2D eigenvalue weighted by Gasteiger charge is -2.35. The van der Waals surface area contributed by atoms with E-state index in [2.05, 4.69) is 9.88 Å². The van der Waals surface area contributed by atoms with Gasteiger partial charge in [0.25, 0.3) is 6.10 Å². The Kier molecular flexibility index (Phi) is 5.80. The third-order valence-corrected chi connectivity index (χ3v) is 4.07. The number of ether oxygens (including phenoxy) is 1. The molecule has 1 aliphatic rings. The van der Waals surface area contributed by atoms with Crippen LogP contribution in [-0.2, 0) is 14.4 Å². The van der Waals surface area contributed by atoms with Gasteiger partial charge >= 0.3 is 5.97 Å². The molecule has 0 aliphatic carbocycles. The number of hydrogen-bond donors (Lipinski definition) is 0. The van der Waals surface area contributed by atoms with Gasteiger partial charge in [-0.2, -0.15) is 0 Å². The van der Waals surface area contributed by atoms with Crippen molar-refractivity contribution in [2.24, 2.45) is 0 Å². The molecule has 3 rings (SSSR count). The summed E-state index contributed by atoms with van der Waals surface area (Å²) >= 11 is 0. The average molecular weight is 355 g/mol. The van der Waals surface area contributed by atoms with E-state index in [0.717, 1.165) is 5.69 Å². The van der Waals surface area contributed by atoms with Crippen molar-refractivity contribution in [2.45, 2.75) is 13.0 Å². The molecule has 7 nitrogen and oxygen atoms in total. The van der Waals surface area contributed by atoms with Crippen molar-refractivity contribution in [2.75, 3.05) is 31.1 Å². The molecule has 1 saturated heterocycles. The first-order valence-electron chi connectivity index (χ1n) is 8.47. The number of hydroxylamine groups is 2. The molecule has 0 spiro atoms. The maximum Gasteiger partial charge on any atom is 0.374 e. The second-order valence-electron chi connectivity index (χ2n) is 5.95. The van der Waals surface area contributed by atoms with Gasteiger partial charge in [-0.15, -0.1) is 5.06 Å². The number of Topliss-reactive ketones (excluding diaryl/α,β-unsaturated/α-hetero) is 1. The molecule has 1 unspecified atom stereocenters. The van der Waals surface area contributed by atoms with E-state index in [9.17, 15) is 9.59 Å². The van der Waals surface area contributed by atoms with Gasteiger partial charge < -0.3 is 14.5 Å². The summed E-state index contributed by atoms with van der Waals surface area (Å²) in [4.78, 5) is 35.8. The molecule has 136 valence electrons. The van der Waals surface area contributed by atoms with Crippen LogP contribution in [0.1, 0.15) is 6.92 Å². The molecule has 1 fully saturated rings. The second kappa shape index (κ2) is 8.44. The smallest absolute Gasteiger partial charge is 0.374 e. The Morgan fingerprint density at radius 1 is 1.00 bits per heavy atom. The Hall–Kier alpha value is -2.93. The summed E-state index contributed by atoms with van der Waals surface area (Å²) in [7, 11) is 0. The number of anilines is 1. The topological polar surface area (TPSA) is 72.0 Å². The van der Waals surface area contributed by atoms with Crippen LogP contribution in [-0.4, -0.2) is 54.1 Å². The fraction of sp³-hybridized carbons (Fsp3) is 0.316. The zero-order chi connectivity index (χ0) is 18.4. The number of carbonyl (C=O) groups is 2. The van der Waals surface area contributed by atoms with Gasteiger partial charge in [-0.1, -0.05) is 18.2 Å². The van der Waals surface area contributed by atoms with Crippen LogP contribution in [0.5, 0.6) is 5.75 Å². The summed E-state index contributed by atoms with van der Waals surface area (Å²) < 4.78 is 5.50. The lowest BCUT2D eigenvalue weighted by Crippen LogP contribution is -2.49. The van der Waals surface area contributed by atoms with E-state index in [-0.39, 0.29) is 0 Å². The molecule has 0 saturated carbocycles. The highest BCUT2D eigenvalue weighted by atomic mass is 16.7. The minimum absolute atomic E-state index is 0.394. The Morgan fingerprint density at radius 3 is 2.27 bits per heavy atom. The van der Waals surface area contributed by atoms with Crippen LogP contribution >= 0.6 is 0 Å². The lowest BCUT2D eigenvalue weighted by molar-refractivity contribution is -0.199. The standard InChI is InChI=1S/C19H21N3O4/c1-15(23)18(25-17-5-3-2-4-6-17)19(24)26-22-13-11-21(12-14-22)16-7-9-20-10-8-16/h2-10,18H,11-14H2,1H3. The summed E-state index contributed by atoms with van der Waals surface area (Å²) in [6.45, 7) is 3.83. The summed E-state index contributed by atoms with van der Waals surface area (Å²) in [5.41, 5.74) is 1.08. The van der Waals surface area contributed by atoms with Gasteiger partial charge in [-0.25, -0.2) is 4.79 Å². The van der Waals surface area contributed by atoms with Gasteiger partial charge in [0.05, 0.1) is 13.1 Å². The van der Waals surface area contributed by atoms with Crippen LogP contribution < -0.4 is 9.64 Å². The van der Waals surface area contributed by atoms with E-state index in [4.69, 9.17) is 9.57 Å². The molecular weight excluding hydrogens is 334 g/mol. The van der Waals surface area contributed by atoms with E-state index in [1.807, 2.05) is 18.2 Å². The Bertz CT molecular complexity index is 731. The second-order valence-corrected chi connectivity index (χ2v) is 5.95. The van der Waals surface area contributed by atoms with E-state index in [1.54, 1.807) is 41.7 Å². The Labute approximate surface area is 152 Å². The van der Waals surface area contributed by atoms with Crippen LogP contribution in [0.3, 0.4) is 0 Å². The summed E-state index contributed by atoms with van der Waals surface area (Å²) in [6, 6.07) is 12.7. The highest BCUT2D eigenvalue weighted by molar-refractivity contribution is 6.01. The highest BCUT2D eigenvalue weighted by Crippen LogP contribution is 2.16. The predicted octanol–water partition coefficient (Wildman–Crippen LogP) is 1.70. The van der Waals surface area contributed by atoms with Crippen molar-refractivity contribution >= 4 is 17.4 Å². The molecule has 0 radical (unpaired) electrons. The number of piperazine rings is 1. The number of pyridine rings is 1. The number of para-hydroxylation sites is 1. The molecule has 1 aromatic carbocycles. The summed E-state index contributed by atoms with van der Waals surface area (Å²) in [5.74, 6) is -0.639. The fourth-order valence-corrected chi connectivity index (χ4v) is 2.70. The Morgan fingerprint density at radius 2 is 1.65 bits per heavy atom. The van der Waals surface area contributed by atoms with Crippen molar-refractivity contribution in [3.63, 3.8) is 0 Å². The van der Waals surface area contributed by atoms with Gasteiger partial charge in [0.2, 0.25) is 0 Å². The number of benzene rings is 1. The van der Waals surface area contributed by atoms with E-state index in [1.165, 1.54) is 6.92 Å². The molecule has 1 aliphatic heterocycles. The lowest BCUT2D eigenvalue weighted by atomic mass is 10.2. The zero-order valence-corrected chi connectivity index (χ0v) is 14.6. The summed E-state index contributed by atoms with van der Waals surface area (Å²) in [5, 5.41) is 1.57. The molecule has 2 heterocycles. The van der Waals surface area contributed by atoms with Crippen LogP contribution in [0, 0.1) is 0 Å². The molecule has 1 aromatic heterocycles. The largest absolute Gasteiger partial charge is 0.471 e. The molecule has 0 N–H and O–H groups in total. The number of rotatable bonds is 6. The zero-order valence-electron chi connectivity index (χ0n) is 14.6. The number of carbonyl (C=O) groups excluding carboxylic acids is 2. The molecule has 26 heavy (non-hydrogen) atoms. The first-order valence-corrected chi connectivity index (χ1v) is 8.47. The van der Waals surface area contributed by atoms with Crippen LogP contribution in [0.15, 0.2) is 54.9 Å². The number of ketones is 1. The van der Waals surface area contributed by atoms with Gasteiger partial charge in [-0.3, -0.25) is 9.78 Å². The van der Waals surface area contributed by atoms with Gasteiger partial charge in [0.15, 0.2) is 5.78 Å². The minimum atomic E-state index is -1.27. The predicted molar refractivity (Wildman–Crippen MR) is 95.7 cm³/mol. The highest BCUT2D eigenvalue weighted by Gasteiger charge is 2.30. The monoisotopic (exact) mass is 355 g/mol. The van der Waals surface area contributed by atoms with Crippen molar-refractivity contribution in [1.29, 1.82) is 0 Å². The SMILES string of the molecule is CC(=O)C(Oc1ccccc1)C(=O)ON1CCN(c2ccncc2)CC1. The molecule has 0 amide bonds. The van der Waals surface area contributed by atoms with Crippen LogP contribution in [0.4, 0.5) is 5.69 Å². The van der Waals surface area contributed by atoms with Gasteiger partial charge in [-0.05, 0) is 31.2 Å². The van der Waals surface area contributed by atoms with Gasteiger partial charge in [0.1, 0.15) is 5.75 Å². The van der Waals surface area contributed by atoms with E-state index in [0.29, 0.717) is 31.9 Å². The maximum absolute atomic E-state index is 12.4. The number of aromatic nitrogens is 1. The molecule has 1 atom stereocenters. The number of hydrogen-bond acceptors (Lipinski definition) is 7. The van der Waals surface area contributed by atoms with Crippen molar-refractivity contribution in [3.8, 4) is 5.75 Å². The quantitative estimate of drug-likeness (QED) is 0.730. The van der Waals surface area contributed by atoms with E-state index >= 15 is 0 Å². The Balaban J connectivity index is 1.54. The van der Waals surface area contributed by atoms with Crippen molar-refractivity contribution in [3.05, 3.63) is 54.9 Å². The molecular formula is C19H21N3O4. The third kappa shape index (κ3) is 4.58. The summed E-state index contributed by atoms with van der Waals surface area (Å²) in [6.07, 6.45) is 2.23. The molecule has 0 bridgehead atoms. The van der Waals surface area contributed by atoms with Crippen LogP contribution in [0.25, 0.3) is 0 Å². The third-order valence-electron chi connectivity index (χ3n) is 4.07. The minimum Gasteiger partial charge on any atom is -0.471 e. The van der Waals surface area contributed by atoms with Crippen molar-refractivity contribution < 1.29 is 19.2 Å². The normalized spacial score (nSPS) is 16.0. The van der Waals surface area contributed by atoms with E-state index < -0.39 is 17.9 Å². The first kappa shape index (κ1) is 17.9.